The fraction of sp³-hybridized carbons (Fsp3) is 0.588. The lowest BCUT2D eigenvalue weighted by molar-refractivity contribution is -0.134. The van der Waals surface area contributed by atoms with E-state index in [9.17, 15) is 4.79 Å². The van der Waals surface area contributed by atoms with Gasteiger partial charge in [0.1, 0.15) is 0 Å². The summed E-state index contributed by atoms with van der Waals surface area (Å²) in [4.78, 5) is 17.0. The van der Waals surface area contributed by atoms with E-state index in [1.54, 1.807) is 0 Å². The molecule has 0 bridgehead atoms. The summed E-state index contributed by atoms with van der Waals surface area (Å²) in [5, 5.41) is 0.794. The van der Waals surface area contributed by atoms with Gasteiger partial charge in [0.25, 0.3) is 0 Å². The average Bonchev–Trinajstić information content (AvgIpc) is 3.27. The van der Waals surface area contributed by atoms with Crippen molar-refractivity contribution in [1.82, 2.24) is 9.80 Å². The standard InChI is InChI=1S/C17H23ClN2O/c1-19(2)12-6-5-9-20(11-12)17(21)15-10-14(15)13-7-3-4-8-16(13)18/h3-4,7-8,12,14-15H,5-6,9-11H2,1-2H3/t12-,14+,15-/m1/s1. The van der Waals surface area contributed by atoms with Crippen LogP contribution < -0.4 is 0 Å². The summed E-state index contributed by atoms with van der Waals surface area (Å²) < 4.78 is 0. The highest BCUT2D eigenvalue weighted by Crippen LogP contribution is 2.50. The Morgan fingerprint density at radius 3 is 2.81 bits per heavy atom. The van der Waals surface area contributed by atoms with Crippen molar-refractivity contribution in [1.29, 1.82) is 0 Å². The molecule has 1 aromatic carbocycles. The molecule has 4 heteroatoms. The zero-order valence-electron chi connectivity index (χ0n) is 12.8. The molecule has 1 amide bonds. The number of amides is 1. The predicted octanol–water partition coefficient (Wildman–Crippen LogP) is 3.00. The summed E-state index contributed by atoms with van der Waals surface area (Å²) >= 11 is 6.25. The van der Waals surface area contributed by atoms with Crippen molar-refractivity contribution in [2.75, 3.05) is 27.2 Å². The number of carbonyl (C=O) groups is 1. The Labute approximate surface area is 131 Å². The van der Waals surface area contributed by atoms with Gasteiger partial charge in [0.15, 0.2) is 0 Å². The minimum absolute atomic E-state index is 0.144. The largest absolute Gasteiger partial charge is 0.341 e. The summed E-state index contributed by atoms with van der Waals surface area (Å²) in [7, 11) is 4.20. The Morgan fingerprint density at radius 2 is 2.10 bits per heavy atom. The molecule has 0 N–H and O–H groups in total. The van der Waals surface area contributed by atoms with Crippen LogP contribution in [0.25, 0.3) is 0 Å². The summed E-state index contributed by atoms with van der Waals surface area (Å²) in [6, 6.07) is 8.42. The van der Waals surface area contributed by atoms with Crippen LogP contribution in [0.1, 0.15) is 30.7 Å². The van der Waals surface area contributed by atoms with Gasteiger partial charge in [-0.05, 0) is 50.9 Å². The van der Waals surface area contributed by atoms with Crippen LogP contribution in [0.5, 0.6) is 0 Å². The first kappa shape index (κ1) is 14.9. The highest BCUT2D eigenvalue weighted by atomic mass is 35.5. The highest BCUT2D eigenvalue weighted by molar-refractivity contribution is 6.31. The Balaban J connectivity index is 1.64. The lowest BCUT2D eigenvalue weighted by atomic mass is 10.0. The van der Waals surface area contributed by atoms with Crippen LogP contribution >= 0.6 is 11.6 Å². The number of likely N-dealkylation sites (N-methyl/N-ethyl adjacent to an activating group) is 1. The van der Waals surface area contributed by atoms with E-state index in [4.69, 9.17) is 11.6 Å². The zero-order valence-corrected chi connectivity index (χ0v) is 13.5. The summed E-state index contributed by atoms with van der Waals surface area (Å²) in [6.45, 7) is 1.78. The summed E-state index contributed by atoms with van der Waals surface area (Å²) in [6.07, 6.45) is 3.25. The number of hydrogen-bond donors (Lipinski definition) is 0. The molecule has 1 aliphatic carbocycles. The van der Waals surface area contributed by atoms with Gasteiger partial charge in [-0.15, -0.1) is 0 Å². The fourth-order valence-corrected chi connectivity index (χ4v) is 3.67. The Hall–Kier alpha value is -1.06. The average molecular weight is 307 g/mol. The van der Waals surface area contributed by atoms with Crippen LogP contribution in [0.2, 0.25) is 5.02 Å². The first-order valence-electron chi connectivity index (χ1n) is 7.77. The molecule has 0 spiro atoms. The van der Waals surface area contributed by atoms with E-state index in [0.717, 1.165) is 36.5 Å². The number of rotatable bonds is 3. The van der Waals surface area contributed by atoms with Gasteiger partial charge < -0.3 is 9.80 Å². The number of hydrogen-bond acceptors (Lipinski definition) is 2. The SMILES string of the molecule is CN(C)[C@@H]1CCCN(C(=O)[C@@H]2C[C@H]2c2ccccc2Cl)C1. The Bertz CT molecular complexity index is 531. The van der Waals surface area contributed by atoms with Crippen molar-refractivity contribution in [2.45, 2.75) is 31.2 Å². The van der Waals surface area contributed by atoms with Crippen LogP contribution in [0.3, 0.4) is 0 Å². The van der Waals surface area contributed by atoms with E-state index in [0.29, 0.717) is 17.9 Å². The third-order valence-corrected chi connectivity index (χ3v) is 5.20. The van der Waals surface area contributed by atoms with Crippen molar-refractivity contribution in [3.8, 4) is 0 Å². The molecule has 0 radical (unpaired) electrons. The minimum atomic E-state index is 0.144. The maximum atomic E-state index is 12.7. The molecule has 1 heterocycles. The lowest BCUT2D eigenvalue weighted by Crippen LogP contribution is -2.48. The molecular formula is C17H23ClN2O. The normalized spacial score (nSPS) is 28.8. The number of likely N-dealkylation sites (tertiary alicyclic amines) is 1. The molecule has 1 saturated carbocycles. The van der Waals surface area contributed by atoms with Gasteiger partial charge in [-0.2, -0.15) is 0 Å². The minimum Gasteiger partial charge on any atom is -0.341 e. The molecule has 1 saturated heterocycles. The van der Waals surface area contributed by atoms with Crippen LogP contribution in [0.15, 0.2) is 24.3 Å². The quantitative estimate of drug-likeness (QED) is 0.857. The maximum absolute atomic E-state index is 12.7. The summed E-state index contributed by atoms with van der Waals surface area (Å²) in [5.74, 6) is 0.795. The smallest absolute Gasteiger partial charge is 0.226 e. The number of nitrogens with zero attached hydrogens (tertiary/aromatic N) is 2. The van der Waals surface area contributed by atoms with E-state index in [2.05, 4.69) is 30.0 Å². The topological polar surface area (TPSA) is 23.6 Å². The molecule has 0 aromatic heterocycles. The van der Waals surface area contributed by atoms with E-state index >= 15 is 0 Å². The molecule has 3 rings (SSSR count). The highest BCUT2D eigenvalue weighted by Gasteiger charge is 2.47. The van der Waals surface area contributed by atoms with Crippen LogP contribution in [-0.4, -0.2) is 48.9 Å². The Morgan fingerprint density at radius 1 is 1.33 bits per heavy atom. The van der Waals surface area contributed by atoms with Crippen LogP contribution in [-0.2, 0) is 4.79 Å². The summed E-state index contributed by atoms with van der Waals surface area (Å²) in [5.41, 5.74) is 1.14. The van der Waals surface area contributed by atoms with E-state index in [-0.39, 0.29) is 5.92 Å². The van der Waals surface area contributed by atoms with Gasteiger partial charge >= 0.3 is 0 Å². The number of benzene rings is 1. The van der Waals surface area contributed by atoms with Gasteiger partial charge in [0.05, 0.1) is 0 Å². The fourth-order valence-electron chi connectivity index (χ4n) is 3.40. The number of piperidine rings is 1. The molecule has 1 aromatic rings. The monoisotopic (exact) mass is 306 g/mol. The van der Waals surface area contributed by atoms with Crippen molar-refractivity contribution in [3.63, 3.8) is 0 Å². The number of carbonyl (C=O) groups excluding carboxylic acids is 1. The van der Waals surface area contributed by atoms with Gasteiger partial charge in [-0.1, -0.05) is 29.8 Å². The molecule has 114 valence electrons. The molecule has 3 atom stereocenters. The van der Waals surface area contributed by atoms with E-state index in [1.165, 1.54) is 6.42 Å². The van der Waals surface area contributed by atoms with E-state index < -0.39 is 0 Å². The van der Waals surface area contributed by atoms with Crippen LogP contribution in [0, 0.1) is 5.92 Å². The van der Waals surface area contributed by atoms with Gasteiger partial charge in [0.2, 0.25) is 5.91 Å². The molecular weight excluding hydrogens is 284 g/mol. The molecule has 21 heavy (non-hydrogen) atoms. The molecule has 0 unspecified atom stereocenters. The molecule has 3 nitrogen and oxygen atoms in total. The second kappa shape index (κ2) is 5.98. The molecule has 2 aliphatic rings. The van der Waals surface area contributed by atoms with Gasteiger partial charge in [0, 0.05) is 30.1 Å². The van der Waals surface area contributed by atoms with Crippen molar-refractivity contribution < 1.29 is 4.79 Å². The first-order valence-corrected chi connectivity index (χ1v) is 8.15. The van der Waals surface area contributed by atoms with Crippen LogP contribution in [0.4, 0.5) is 0 Å². The lowest BCUT2D eigenvalue weighted by Gasteiger charge is -2.36. The van der Waals surface area contributed by atoms with Gasteiger partial charge in [-0.25, -0.2) is 0 Å². The predicted molar refractivity (Wildman–Crippen MR) is 85.6 cm³/mol. The van der Waals surface area contributed by atoms with Crippen molar-refractivity contribution in [3.05, 3.63) is 34.9 Å². The van der Waals surface area contributed by atoms with Crippen molar-refractivity contribution >= 4 is 17.5 Å². The van der Waals surface area contributed by atoms with Gasteiger partial charge in [-0.3, -0.25) is 4.79 Å². The third kappa shape index (κ3) is 3.09. The molecule has 2 fully saturated rings. The third-order valence-electron chi connectivity index (χ3n) is 4.85. The zero-order chi connectivity index (χ0) is 15.0. The van der Waals surface area contributed by atoms with E-state index in [1.807, 2.05) is 18.2 Å². The second-order valence-electron chi connectivity index (χ2n) is 6.51. The second-order valence-corrected chi connectivity index (χ2v) is 6.92. The maximum Gasteiger partial charge on any atom is 0.226 e. The van der Waals surface area contributed by atoms with Crippen molar-refractivity contribution in [2.24, 2.45) is 5.92 Å². The Kier molecular flexibility index (Phi) is 4.23. The number of halogens is 1. The molecule has 1 aliphatic heterocycles. The first-order chi connectivity index (χ1) is 10.1.